The maximum atomic E-state index is 6.21. The lowest BCUT2D eigenvalue weighted by Gasteiger charge is -2.31. The van der Waals surface area contributed by atoms with Gasteiger partial charge >= 0.3 is 0 Å². The molecule has 1 aliphatic heterocycles. The molecule has 2 atom stereocenters. The molecule has 0 aliphatic carbocycles. The van der Waals surface area contributed by atoms with Crippen molar-refractivity contribution in [1.82, 2.24) is 4.90 Å². The molecule has 0 spiro atoms. The van der Waals surface area contributed by atoms with Gasteiger partial charge < -0.3 is 10.6 Å². The normalized spacial score (nSPS) is 23.5. The molecule has 0 saturated carbocycles. The van der Waals surface area contributed by atoms with Crippen molar-refractivity contribution in [2.24, 2.45) is 5.73 Å². The average molecular weight is 250 g/mol. The van der Waals surface area contributed by atoms with E-state index in [-0.39, 0.29) is 6.04 Å². The van der Waals surface area contributed by atoms with E-state index in [1.54, 1.807) is 0 Å². The Kier molecular flexibility index (Phi) is 4.89. The first-order valence-corrected chi connectivity index (χ1v) is 7.45. The van der Waals surface area contributed by atoms with E-state index in [1.807, 2.05) is 6.07 Å². The Morgan fingerprint density at radius 3 is 2.88 bits per heavy atom. The van der Waals surface area contributed by atoms with Gasteiger partial charge in [-0.05, 0) is 12.0 Å². The molecule has 17 heavy (non-hydrogen) atoms. The van der Waals surface area contributed by atoms with Crippen LogP contribution >= 0.6 is 11.8 Å². The summed E-state index contributed by atoms with van der Waals surface area (Å²) >= 11 is 2.08. The molecule has 1 aromatic rings. The lowest BCUT2D eigenvalue weighted by molar-refractivity contribution is 0.275. The summed E-state index contributed by atoms with van der Waals surface area (Å²) in [6.45, 7) is 5.87. The standard InChI is InChI=1S/C14H22N2S/c1-12-11-16(9-10-17-12)8-7-14(15)13-5-3-2-4-6-13/h2-6,12,14H,7-11,15H2,1H3. The number of hydrogen-bond donors (Lipinski definition) is 1. The minimum absolute atomic E-state index is 0.182. The molecule has 1 aliphatic rings. The fourth-order valence-corrected chi connectivity index (χ4v) is 3.36. The molecule has 1 saturated heterocycles. The van der Waals surface area contributed by atoms with Crippen LogP contribution in [-0.4, -0.2) is 35.5 Å². The van der Waals surface area contributed by atoms with Gasteiger partial charge in [-0.1, -0.05) is 37.3 Å². The maximum Gasteiger partial charge on any atom is 0.0307 e. The molecular formula is C14H22N2S. The summed E-state index contributed by atoms with van der Waals surface area (Å²) in [6, 6.07) is 10.6. The van der Waals surface area contributed by atoms with Crippen LogP contribution in [0, 0.1) is 0 Å². The van der Waals surface area contributed by atoms with E-state index in [1.165, 1.54) is 24.4 Å². The number of benzene rings is 1. The second kappa shape index (κ2) is 6.43. The summed E-state index contributed by atoms with van der Waals surface area (Å²) in [4.78, 5) is 2.55. The van der Waals surface area contributed by atoms with Crippen molar-refractivity contribution in [2.75, 3.05) is 25.4 Å². The Balaban J connectivity index is 1.78. The van der Waals surface area contributed by atoms with Gasteiger partial charge in [-0.2, -0.15) is 11.8 Å². The van der Waals surface area contributed by atoms with Crippen molar-refractivity contribution in [2.45, 2.75) is 24.6 Å². The quantitative estimate of drug-likeness (QED) is 0.890. The number of nitrogens with two attached hydrogens (primary N) is 1. The third kappa shape index (κ3) is 4.02. The summed E-state index contributed by atoms with van der Waals surface area (Å²) in [7, 11) is 0. The fourth-order valence-electron chi connectivity index (χ4n) is 2.28. The van der Waals surface area contributed by atoms with E-state index < -0.39 is 0 Å². The molecule has 1 fully saturated rings. The summed E-state index contributed by atoms with van der Waals surface area (Å²) < 4.78 is 0. The smallest absolute Gasteiger partial charge is 0.0307 e. The molecule has 1 aromatic carbocycles. The zero-order valence-electron chi connectivity index (χ0n) is 10.5. The second-order valence-corrected chi connectivity index (χ2v) is 6.33. The molecule has 0 bridgehead atoms. The van der Waals surface area contributed by atoms with Gasteiger partial charge in [-0.3, -0.25) is 0 Å². The summed E-state index contributed by atoms with van der Waals surface area (Å²) in [6.07, 6.45) is 1.06. The van der Waals surface area contributed by atoms with Crippen LogP contribution in [0.1, 0.15) is 24.9 Å². The fraction of sp³-hybridized carbons (Fsp3) is 0.571. The van der Waals surface area contributed by atoms with Crippen molar-refractivity contribution in [3.8, 4) is 0 Å². The topological polar surface area (TPSA) is 29.3 Å². The van der Waals surface area contributed by atoms with Crippen molar-refractivity contribution in [3.63, 3.8) is 0 Å². The average Bonchev–Trinajstić information content (AvgIpc) is 2.37. The highest BCUT2D eigenvalue weighted by molar-refractivity contribution is 7.99. The maximum absolute atomic E-state index is 6.21. The van der Waals surface area contributed by atoms with E-state index in [0.29, 0.717) is 0 Å². The van der Waals surface area contributed by atoms with Gasteiger partial charge in [0.1, 0.15) is 0 Å². The Labute approximate surface area is 109 Å². The molecule has 2 unspecified atom stereocenters. The second-order valence-electron chi connectivity index (χ2n) is 4.79. The molecule has 3 heteroatoms. The highest BCUT2D eigenvalue weighted by Crippen LogP contribution is 2.19. The molecule has 0 amide bonds. The lowest BCUT2D eigenvalue weighted by atomic mass is 10.0. The molecule has 2 rings (SSSR count). The Morgan fingerprint density at radius 1 is 1.41 bits per heavy atom. The minimum Gasteiger partial charge on any atom is -0.324 e. The van der Waals surface area contributed by atoms with E-state index in [4.69, 9.17) is 5.73 Å². The van der Waals surface area contributed by atoms with E-state index in [9.17, 15) is 0 Å². The molecule has 1 heterocycles. The largest absolute Gasteiger partial charge is 0.324 e. The lowest BCUT2D eigenvalue weighted by Crippen LogP contribution is -2.38. The Morgan fingerprint density at radius 2 is 2.18 bits per heavy atom. The Bertz CT molecular complexity index is 328. The molecule has 0 aromatic heterocycles. The van der Waals surface area contributed by atoms with Crippen LogP contribution in [0.3, 0.4) is 0 Å². The van der Waals surface area contributed by atoms with Gasteiger partial charge in [0.05, 0.1) is 0 Å². The van der Waals surface area contributed by atoms with Gasteiger partial charge in [0, 0.05) is 36.7 Å². The van der Waals surface area contributed by atoms with Crippen molar-refractivity contribution in [3.05, 3.63) is 35.9 Å². The number of hydrogen-bond acceptors (Lipinski definition) is 3. The SMILES string of the molecule is CC1CN(CCC(N)c2ccccc2)CCS1. The Hall–Kier alpha value is -0.510. The van der Waals surface area contributed by atoms with E-state index >= 15 is 0 Å². The molecule has 2 nitrogen and oxygen atoms in total. The minimum atomic E-state index is 0.182. The van der Waals surface area contributed by atoms with Crippen molar-refractivity contribution >= 4 is 11.8 Å². The monoisotopic (exact) mass is 250 g/mol. The van der Waals surface area contributed by atoms with Crippen LogP contribution in [-0.2, 0) is 0 Å². The van der Waals surface area contributed by atoms with E-state index in [2.05, 4.69) is 47.9 Å². The van der Waals surface area contributed by atoms with Crippen LogP contribution in [0.5, 0.6) is 0 Å². The number of rotatable bonds is 4. The van der Waals surface area contributed by atoms with Crippen LogP contribution in [0.2, 0.25) is 0 Å². The molecule has 94 valence electrons. The zero-order valence-corrected chi connectivity index (χ0v) is 11.3. The number of thioether (sulfide) groups is 1. The van der Waals surface area contributed by atoms with Gasteiger partial charge in [-0.25, -0.2) is 0 Å². The summed E-state index contributed by atoms with van der Waals surface area (Å²) in [5.74, 6) is 1.27. The van der Waals surface area contributed by atoms with Crippen molar-refractivity contribution in [1.29, 1.82) is 0 Å². The summed E-state index contributed by atoms with van der Waals surface area (Å²) in [5, 5.41) is 0.775. The first-order valence-electron chi connectivity index (χ1n) is 6.40. The van der Waals surface area contributed by atoms with E-state index in [0.717, 1.165) is 18.2 Å². The first-order chi connectivity index (χ1) is 8.25. The van der Waals surface area contributed by atoms with Crippen LogP contribution in [0.4, 0.5) is 0 Å². The van der Waals surface area contributed by atoms with Crippen LogP contribution in [0.25, 0.3) is 0 Å². The highest BCUT2D eigenvalue weighted by atomic mass is 32.2. The van der Waals surface area contributed by atoms with Gasteiger partial charge in [0.25, 0.3) is 0 Å². The molecule has 0 radical (unpaired) electrons. The summed E-state index contributed by atoms with van der Waals surface area (Å²) in [5.41, 5.74) is 7.47. The van der Waals surface area contributed by atoms with Crippen LogP contribution < -0.4 is 5.73 Å². The zero-order chi connectivity index (χ0) is 12.1. The first kappa shape index (κ1) is 12.9. The molecule has 2 N–H and O–H groups in total. The number of nitrogens with zero attached hydrogens (tertiary/aromatic N) is 1. The third-order valence-electron chi connectivity index (χ3n) is 3.31. The predicted molar refractivity (Wildman–Crippen MR) is 76.3 cm³/mol. The van der Waals surface area contributed by atoms with Gasteiger partial charge in [-0.15, -0.1) is 0 Å². The van der Waals surface area contributed by atoms with Gasteiger partial charge in [0.2, 0.25) is 0 Å². The van der Waals surface area contributed by atoms with Crippen molar-refractivity contribution < 1.29 is 0 Å². The van der Waals surface area contributed by atoms with Gasteiger partial charge in [0.15, 0.2) is 0 Å². The predicted octanol–water partition coefficient (Wildman–Crippen LogP) is 2.51. The third-order valence-corrected chi connectivity index (χ3v) is 4.45. The molecular weight excluding hydrogens is 228 g/mol. The highest BCUT2D eigenvalue weighted by Gasteiger charge is 2.17. The van der Waals surface area contributed by atoms with Crippen LogP contribution in [0.15, 0.2) is 30.3 Å².